The first-order valence-electron chi connectivity index (χ1n) is 11.1. The van der Waals surface area contributed by atoms with Crippen molar-refractivity contribution in [1.82, 2.24) is 14.1 Å². The summed E-state index contributed by atoms with van der Waals surface area (Å²) in [5.74, 6) is -0.767. The van der Waals surface area contributed by atoms with Gasteiger partial charge in [0.1, 0.15) is 0 Å². The number of amides is 2. The van der Waals surface area contributed by atoms with E-state index in [1.165, 1.54) is 28.4 Å². The number of benzene rings is 3. The molecule has 2 amide bonds. The van der Waals surface area contributed by atoms with Gasteiger partial charge in [-0.2, -0.15) is 4.31 Å². The quantitative estimate of drug-likeness (QED) is 0.586. The highest BCUT2D eigenvalue weighted by atomic mass is 32.2. The molecule has 4 rings (SSSR count). The van der Waals surface area contributed by atoms with Gasteiger partial charge in [-0.15, -0.1) is 0 Å². The summed E-state index contributed by atoms with van der Waals surface area (Å²) in [6, 6.07) is 19.3. The van der Waals surface area contributed by atoms with Crippen LogP contribution >= 0.6 is 0 Å². The first-order valence-corrected chi connectivity index (χ1v) is 12.5. The minimum Gasteiger partial charge on any atom is -0.332 e. The van der Waals surface area contributed by atoms with Crippen molar-refractivity contribution < 1.29 is 18.0 Å². The number of hydrogen-bond donors (Lipinski definition) is 1. The maximum absolute atomic E-state index is 13.0. The number of fused-ring (bicyclic) bond motifs is 1. The minimum absolute atomic E-state index is 0.0801. The van der Waals surface area contributed by atoms with Gasteiger partial charge in [-0.05, 0) is 36.7 Å². The molecular weight excluding hydrogens is 452 g/mol. The summed E-state index contributed by atoms with van der Waals surface area (Å²) in [5, 5.41) is 4.78. The molecule has 0 aliphatic carbocycles. The van der Waals surface area contributed by atoms with Crippen LogP contribution in [0, 0.1) is 0 Å². The molecule has 0 spiro atoms. The van der Waals surface area contributed by atoms with Crippen molar-refractivity contribution in [2.75, 3.05) is 52.1 Å². The average molecular weight is 481 g/mol. The third-order valence-corrected chi connectivity index (χ3v) is 7.87. The van der Waals surface area contributed by atoms with Crippen LogP contribution in [0.3, 0.4) is 0 Å². The van der Waals surface area contributed by atoms with Crippen LogP contribution in [-0.4, -0.2) is 81.2 Å². The number of hydrogen-bond acceptors (Lipinski definition) is 5. The lowest BCUT2D eigenvalue weighted by atomic mass is 10.1. The van der Waals surface area contributed by atoms with Gasteiger partial charge in [-0.1, -0.05) is 42.5 Å². The molecule has 0 aromatic heterocycles. The van der Waals surface area contributed by atoms with Crippen LogP contribution in [-0.2, 0) is 14.8 Å². The van der Waals surface area contributed by atoms with Gasteiger partial charge in [0, 0.05) is 49.9 Å². The highest BCUT2D eigenvalue weighted by Gasteiger charge is 2.28. The maximum atomic E-state index is 13.0. The Balaban J connectivity index is 1.45. The Bertz CT molecular complexity index is 1310. The van der Waals surface area contributed by atoms with E-state index < -0.39 is 15.9 Å². The summed E-state index contributed by atoms with van der Waals surface area (Å²) in [5.41, 5.74) is 0.889. The predicted molar refractivity (Wildman–Crippen MR) is 132 cm³/mol. The molecule has 1 aliphatic heterocycles. The molecule has 3 aromatic rings. The Hall–Kier alpha value is -3.27. The fourth-order valence-corrected chi connectivity index (χ4v) is 5.47. The number of carbonyl (C=O) groups is 2. The van der Waals surface area contributed by atoms with E-state index in [9.17, 15) is 18.0 Å². The average Bonchev–Trinajstić information content (AvgIpc) is 2.84. The molecule has 8 nitrogen and oxygen atoms in total. The minimum atomic E-state index is -3.70. The molecule has 3 aromatic carbocycles. The van der Waals surface area contributed by atoms with Gasteiger partial charge in [-0.25, -0.2) is 8.42 Å². The first-order chi connectivity index (χ1) is 16.3. The normalized spacial score (nSPS) is 15.2. The monoisotopic (exact) mass is 480 g/mol. The van der Waals surface area contributed by atoms with E-state index in [1.807, 2.05) is 49.5 Å². The molecule has 0 saturated carbocycles. The van der Waals surface area contributed by atoms with E-state index >= 15 is 0 Å². The van der Waals surface area contributed by atoms with E-state index in [0.717, 1.165) is 10.8 Å². The third kappa shape index (κ3) is 5.11. The second-order valence-electron chi connectivity index (χ2n) is 8.47. The number of likely N-dealkylation sites (N-methyl/N-ethyl adjacent to an activating group) is 2. The van der Waals surface area contributed by atoms with Crippen molar-refractivity contribution in [2.45, 2.75) is 4.90 Å². The second kappa shape index (κ2) is 9.92. The Morgan fingerprint density at radius 1 is 0.941 bits per heavy atom. The molecule has 34 heavy (non-hydrogen) atoms. The van der Waals surface area contributed by atoms with Crippen molar-refractivity contribution >= 4 is 38.3 Å². The predicted octanol–water partition coefficient (Wildman–Crippen LogP) is 2.49. The van der Waals surface area contributed by atoms with E-state index in [4.69, 9.17) is 0 Å². The summed E-state index contributed by atoms with van der Waals surface area (Å²) in [7, 11) is -0.221. The number of carbonyl (C=O) groups excluding carboxylic acids is 2. The van der Waals surface area contributed by atoms with Gasteiger partial charge in [0.05, 0.1) is 11.4 Å². The van der Waals surface area contributed by atoms with Crippen molar-refractivity contribution in [3.05, 3.63) is 72.3 Å². The van der Waals surface area contributed by atoms with Crippen molar-refractivity contribution in [1.29, 1.82) is 0 Å². The van der Waals surface area contributed by atoms with Gasteiger partial charge in [-0.3, -0.25) is 9.59 Å². The van der Waals surface area contributed by atoms with Gasteiger partial charge in [0.25, 0.3) is 5.91 Å². The zero-order valence-electron chi connectivity index (χ0n) is 19.3. The molecule has 0 radical (unpaired) electrons. The number of anilines is 1. The Morgan fingerprint density at radius 3 is 2.38 bits per heavy atom. The zero-order valence-corrected chi connectivity index (χ0v) is 20.1. The second-order valence-corrected chi connectivity index (χ2v) is 10.4. The Labute approximate surface area is 199 Å². The van der Waals surface area contributed by atoms with Crippen LogP contribution in [0.2, 0.25) is 0 Å². The fraction of sp³-hybridized carbons (Fsp3) is 0.280. The molecule has 9 heteroatoms. The van der Waals surface area contributed by atoms with Crippen molar-refractivity contribution in [3.8, 4) is 0 Å². The largest absolute Gasteiger partial charge is 0.332 e. The molecule has 1 saturated heterocycles. The van der Waals surface area contributed by atoms with Crippen LogP contribution < -0.4 is 5.32 Å². The molecule has 1 aliphatic rings. The molecule has 1 heterocycles. The van der Waals surface area contributed by atoms with Crippen LogP contribution in [0.5, 0.6) is 0 Å². The van der Waals surface area contributed by atoms with Crippen molar-refractivity contribution in [3.63, 3.8) is 0 Å². The molecule has 0 atom stereocenters. The molecule has 0 bridgehead atoms. The number of nitrogens with one attached hydrogen (secondary N) is 1. The molecule has 1 fully saturated rings. The lowest BCUT2D eigenvalue weighted by Gasteiger charge is -2.31. The van der Waals surface area contributed by atoms with Crippen LogP contribution in [0.25, 0.3) is 10.8 Å². The summed E-state index contributed by atoms with van der Waals surface area (Å²) in [6.07, 6.45) is 0. The smallest absolute Gasteiger partial charge is 0.254 e. The number of piperazine rings is 1. The SMILES string of the molecule is CN1CCN(S(=O)(=O)c2cccc(C(=O)N(C)CC(=O)Nc3cccc4ccccc34)c2)CC1. The number of rotatable bonds is 6. The first kappa shape index (κ1) is 23.9. The van der Waals surface area contributed by atoms with Gasteiger partial charge >= 0.3 is 0 Å². The summed E-state index contributed by atoms with van der Waals surface area (Å²) in [6.45, 7) is 1.97. The lowest BCUT2D eigenvalue weighted by molar-refractivity contribution is -0.116. The van der Waals surface area contributed by atoms with E-state index in [2.05, 4.69) is 10.2 Å². The van der Waals surface area contributed by atoms with Crippen molar-refractivity contribution in [2.24, 2.45) is 0 Å². The molecule has 0 unspecified atom stereocenters. The topological polar surface area (TPSA) is 90.0 Å². The van der Waals surface area contributed by atoms with Crippen LogP contribution in [0.4, 0.5) is 5.69 Å². The summed E-state index contributed by atoms with van der Waals surface area (Å²) >= 11 is 0. The molecule has 178 valence electrons. The fourth-order valence-electron chi connectivity index (χ4n) is 4.00. The standard InChI is InChI=1S/C25H28N4O4S/c1-27-13-15-29(16-14-27)34(32,33)21-10-5-9-20(17-21)25(31)28(2)18-24(30)26-23-12-6-8-19-7-3-4-11-22(19)23/h3-12,17H,13-16,18H2,1-2H3,(H,26,30). The van der Waals surface area contributed by atoms with Crippen LogP contribution in [0.15, 0.2) is 71.6 Å². The highest BCUT2D eigenvalue weighted by Crippen LogP contribution is 2.23. The number of sulfonamides is 1. The lowest BCUT2D eigenvalue weighted by Crippen LogP contribution is -2.47. The van der Waals surface area contributed by atoms with Crippen LogP contribution in [0.1, 0.15) is 10.4 Å². The van der Waals surface area contributed by atoms with E-state index in [1.54, 1.807) is 12.1 Å². The Morgan fingerprint density at radius 2 is 1.62 bits per heavy atom. The number of nitrogens with zero attached hydrogens (tertiary/aromatic N) is 3. The highest BCUT2D eigenvalue weighted by molar-refractivity contribution is 7.89. The maximum Gasteiger partial charge on any atom is 0.254 e. The zero-order chi connectivity index (χ0) is 24.3. The summed E-state index contributed by atoms with van der Waals surface area (Å²) < 4.78 is 27.5. The van der Waals surface area contributed by atoms with E-state index in [0.29, 0.717) is 31.9 Å². The summed E-state index contributed by atoms with van der Waals surface area (Å²) in [4.78, 5) is 29.1. The Kier molecular flexibility index (Phi) is 6.97. The molecule has 1 N–H and O–H groups in total. The van der Waals surface area contributed by atoms with Gasteiger partial charge < -0.3 is 15.1 Å². The van der Waals surface area contributed by atoms with E-state index in [-0.39, 0.29) is 22.9 Å². The van der Waals surface area contributed by atoms with Gasteiger partial charge in [0.2, 0.25) is 15.9 Å². The third-order valence-electron chi connectivity index (χ3n) is 5.97. The van der Waals surface area contributed by atoms with Gasteiger partial charge in [0.15, 0.2) is 0 Å². The molecular formula is C25H28N4O4S.